The zero-order valence-corrected chi connectivity index (χ0v) is 18.4. The number of rotatable bonds is 5. The molecule has 160 valence electrons. The molecule has 0 radical (unpaired) electrons. The predicted molar refractivity (Wildman–Crippen MR) is 117 cm³/mol. The Hall–Kier alpha value is -2.55. The first-order valence-electron chi connectivity index (χ1n) is 10.5. The number of benzene rings is 1. The Morgan fingerprint density at radius 3 is 2.20 bits per heavy atom. The van der Waals surface area contributed by atoms with Crippen LogP contribution in [0.15, 0.2) is 29.4 Å². The van der Waals surface area contributed by atoms with E-state index in [0.29, 0.717) is 31.9 Å². The van der Waals surface area contributed by atoms with Crippen molar-refractivity contribution in [3.8, 4) is 5.69 Å². The van der Waals surface area contributed by atoms with E-state index in [1.54, 1.807) is 11.8 Å². The van der Waals surface area contributed by atoms with Crippen molar-refractivity contribution in [3.63, 3.8) is 0 Å². The van der Waals surface area contributed by atoms with E-state index in [0.717, 1.165) is 42.7 Å². The molecular formula is C21H28N6O2S. The average Bonchev–Trinajstić information content (AvgIpc) is 3.42. The number of carbonyl (C=O) groups excluding carboxylic acids is 2. The summed E-state index contributed by atoms with van der Waals surface area (Å²) in [6.45, 7) is 7.98. The molecule has 2 aliphatic heterocycles. The van der Waals surface area contributed by atoms with Crippen molar-refractivity contribution in [1.29, 1.82) is 0 Å². The highest BCUT2D eigenvalue weighted by Gasteiger charge is 2.25. The van der Waals surface area contributed by atoms with Crippen LogP contribution in [-0.2, 0) is 9.59 Å². The summed E-state index contributed by atoms with van der Waals surface area (Å²) in [5, 5.41) is 9.62. The van der Waals surface area contributed by atoms with Crippen molar-refractivity contribution >= 4 is 29.5 Å². The first kappa shape index (κ1) is 20.7. The Bertz CT molecular complexity index is 899. The lowest BCUT2D eigenvalue weighted by atomic mass is 10.2. The first-order valence-corrected chi connectivity index (χ1v) is 11.4. The fourth-order valence-corrected chi connectivity index (χ4v) is 4.74. The molecule has 3 heterocycles. The second-order valence-electron chi connectivity index (χ2n) is 7.82. The third-order valence-electron chi connectivity index (χ3n) is 5.70. The van der Waals surface area contributed by atoms with Crippen LogP contribution in [0.1, 0.15) is 25.3 Å². The fraction of sp³-hybridized carbons (Fsp3) is 0.524. The molecule has 0 saturated carbocycles. The van der Waals surface area contributed by atoms with E-state index in [9.17, 15) is 9.59 Å². The van der Waals surface area contributed by atoms with Gasteiger partial charge in [0.05, 0.1) is 11.4 Å². The number of anilines is 1. The molecule has 8 nitrogen and oxygen atoms in total. The van der Waals surface area contributed by atoms with Gasteiger partial charge in [0, 0.05) is 46.2 Å². The second-order valence-corrected chi connectivity index (χ2v) is 8.77. The molecule has 4 rings (SSSR count). The number of hydrogen-bond donors (Lipinski definition) is 0. The molecule has 1 aromatic carbocycles. The van der Waals surface area contributed by atoms with Crippen molar-refractivity contribution in [2.45, 2.75) is 31.8 Å². The van der Waals surface area contributed by atoms with Crippen LogP contribution in [0.3, 0.4) is 0 Å². The maximum absolute atomic E-state index is 12.7. The van der Waals surface area contributed by atoms with E-state index in [1.165, 1.54) is 17.3 Å². The van der Waals surface area contributed by atoms with Gasteiger partial charge >= 0.3 is 0 Å². The lowest BCUT2D eigenvalue weighted by molar-refractivity contribution is -0.136. The summed E-state index contributed by atoms with van der Waals surface area (Å²) in [6, 6.07) is 8.31. The Balaban J connectivity index is 1.48. The van der Waals surface area contributed by atoms with Crippen molar-refractivity contribution in [1.82, 2.24) is 24.6 Å². The third-order valence-corrected chi connectivity index (χ3v) is 6.61. The molecule has 2 saturated heterocycles. The summed E-state index contributed by atoms with van der Waals surface area (Å²) < 4.78 is 2.07. The largest absolute Gasteiger partial charge is 0.341 e. The molecular weight excluding hydrogens is 400 g/mol. The topological polar surface area (TPSA) is 74.6 Å². The number of piperazine rings is 1. The molecule has 1 aromatic heterocycles. The summed E-state index contributed by atoms with van der Waals surface area (Å²) in [7, 11) is 0. The third kappa shape index (κ3) is 4.45. The second kappa shape index (κ2) is 9.07. The monoisotopic (exact) mass is 428 g/mol. The normalized spacial score (nSPS) is 16.9. The summed E-state index contributed by atoms with van der Waals surface area (Å²) >= 11 is 1.43. The smallest absolute Gasteiger partial charge is 0.233 e. The molecule has 2 amide bonds. The van der Waals surface area contributed by atoms with E-state index in [2.05, 4.69) is 50.9 Å². The SMILES string of the molecule is CC(=O)N1CCN(C(=O)CSc2nnc(N3CCCC3)n2-c2ccc(C)cc2)CC1. The maximum Gasteiger partial charge on any atom is 0.233 e. The maximum atomic E-state index is 12.7. The number of carbonyl (C=O) groups is 2. The van der Waals surface area contributed by atoms with Crippen LogP contribution in [0.5, 0.6) is 0 Å². The highest BCUT2D eigenvalue weighted by Crippen LogP contribution is 2.29. The highest BCUT2D eigenvalue weighted by atomic mass is 32.2. The van der Waals surface area contributed by atoms with E-state index < -0.39 is 0 Å². The van der Waals surface area contributed by atoms with Crippen LogP contribution in [0.25, 0.3) is 5.69 Å². The van der Waals surface area contributed by atoms with Gasteiger partial charge in [-0.2, -0.15) is 0 Å². The van der Waals surface area contributed by atoms with Crippen molar-refractivity contribution in [2.75, 3.05) is 49.9 Å². The van der Waals surface area contributed by atoms with Gasteiger partial charge in [0.25, 0.3) is 0 Å². The number of aryl methyl sites for hydroxylation is 1. The molecule has 0 aliphatic carbocycles. The fourth-order valence-electron chi connectivity index (χ4n) is 3.89. The average molecular weight is 429 g/mol. The predicted octanol–water partition coefficient (Wildman–Crippen LogP) is 1.96. The minimum atomic E-state index is 0.0668. The lowest BCUT2D eigenvalue weighted by Crippen LogP contribution is -2.50. The van der Waals surface area contributed by atoms with E-state index in [4.69, 9.17) is 0 Å². The number of amides is 2. The van der Waals surface area contributed by atoms with Gasteiger partial charge in [-0.1, -0.05) is 29.5 Å². The Morgan fingerprint density at radius 2 is 1.57 bits per heavy atom. The molecule has 0 unspecified atom stereocenters. The number of thioether (sulfide) groups is 1. The van der Waals surface area contributed by atoms with Crippen LogP contribution >= 0.6 is 11.8 Å². The quantitative estimate of drug-likeness (QED) is 0.678. The lowest BCUT2D eigenvalue weighted by Gasteiger charge is -2.34. The minimum absolute atomic E-state index is 0.0668. The van der Waals surface area contributed by atoms with Gasteiger partial charge in [-0.3, -0.25) is 14.2 Å². The van der Waals surface area contributed by atoms with Gasteiger partial charge in [-0.05, 0) is 31.9 Å². The van der Waals surface area contributed by atoms with Crippen LogP contribution in [-0.4, -0.2) is 81.4 Å². The standard InChI is InChI=1S/C21H28N6O2S/c1-16-5-7-18(8-6-16)27-20(26-9-3-4-10-26)22-23-21(27)30-15-19(29)25-13-11-24(12-14-25)17(2)28/h5-8H,3-4,9-15H2,1-2H3. The summed E-state index contributed by atoms with van der Waals surface area (Å²) in [5.41, 5.74) is 2.21. The van der Waals surface area contributed by atoms with E-state index in [1.807, 2.05) is 4.90 Å². The van der Waals surface area contributed by atoms with Crippen LogP contribution in [0.2, 0.25) is 0 Å². The van der Waals surface area contributed by atoms with Crippen LogP contribution in [0.4, 0.5) is 5.95 Å². The number of hydrogen-bond acceptors (Lipinski definition) is 6. The summed E-state index contributed by atoms with van der Waals surface area (Å²) in [4.78, 5) is 30.1. The molecule has 30 heavy (non-hydrogen) atoms. The van der Waals surface area contributed by atoms with Crippen LogP contribution < -0.4 is 4.90 Å². The molecule has 2 aromatic rings. The van der Waals surface area contributed by atoms with Gasteiger partial charge < -0.3 is 14.7 Å². The van der Waals surface area contributed by atoms with Crippen molar-refractivity contribution < 1.29 is 9.59 Å². The molecule has 2 aliphatic rings. The molecule has 2 fully saturated rings. The zero-order chi connectivity index (χ0) is 21.1. The van der Waals surface area contributed by atoms with E-state index in [-0.39, 0.29) is 11.8 Å². The first-order chi connectivity index (χ1) is 14.5. The van der Waals surface area contributed by atoms with Crippen molar-refractivity contribution in [2.24, 2.45) is 0 Å². The van der Waals surface area contributed by atoms with Gasteiger partial charge in [0.1, 0.15) is 0 Å². The minimum Gasteiger partial charge on any atom is -0.341 e. The van der Waals surface area contributed by atoms with Gasteiger partial charge in [0.2, 0.25) is 17.8 Å². The van der Waals surface area contributed by atoms with Crippen LogP contribution in [0, 0.1) is 6.92 Å². The number of aromatic nitrogens is 3. The van der Waals surface area contributed by atoms with Gasteiger partial charge in [-0.15, -0.1) is 10.2 Å². The summed E-state index contributed by atoms with van der Waals surface area (Å²) in [5.74, 6) is 1.30. The van der Waals surface area contributed by atoms with Gasteiger partial charge in [0.15, 0.2) is 5.16 Å². The molecule has 0 bridgehead atoms. The molecule has 0 spiro atoms. The van der Waals surface area contributed by atoms with E-state index >= 15 is 0 Å². The molecule has 9 heteroatoms. The Morgan fingerprint density at radius 1 is 0.933 bits per heavy atom. The summed E-state index contributed by atoms with van der Waals surface area (Å²) in [6.07, 6.45) is 2.32. The highest BCUT2D eigenvalue weighted by molar-refractivity contribution is 7.99. The molecule has 0 N–H and O–H groups in total. The van der Waals surface area contributed by atoms with Crippen molar-refractivity contribution in [3.05, 3.63) is 29.8 Å². The molecule has 0 atom stereocenters. The Labute approximate surface area is 181 Å². The number of nitrogens with zero attached hydrogens (tertiary/aromatic N) is 6. The van der Waals surface area contributed by atoms with Gasteiger partial charge in [-0.25, -0.2) is 0 Å². The Kier molecular flexibility index (Phi) is 6.26. The zero-order valence-electron chi connectivity index (χ0n) is 17.6.